The average Bonchev–Trinajstić information content (AvgIpc) is 2.94. The summed E-state index contributed by atoms with van der Waals surface area (Å²) >= 11 is 0. The number of benzene rings is 1. The molecule has 98 valence electrons. The van der Waals surface area contributed by atoms with Gasteiger partial charge in [-0.25, -0.2) is 9.78 Å². The first kappa shape index (κ1) is 12.8. The summed E-state index contributed by atoms with van der Waals surface area (Å²) in [4.78, 5) is 29.6. The van der Waals surface area contributed by atoms with Gasteiger partial charge in [-0.15, -0.1) is 0 Å². The zero-order chi connectivity index (χ0) is 13.7. The van der Waals surface area contributed by atoms with Gasteiger partial charge in [0.1, 0.15) is 5.69 Å². The summed E-state index contributed by atoms with van der Waals surface area (Å²) < 4.78 is 4.87. The van der Waals surface area contributed by atoms with Gasteiger partial charge in [0.25, 0.3) is 5.91 Å². The van der Waals surface area contributed by atoms with Gasteiger partial charge in [-0.3, -0.25) is 4.79 Å². The molecule has 0 radical (unpaired) electrons. The van der Waals surface area contributed by atoms with E-state index in [1.165, 1.54) is 12.5 Å². The minimum absolute atomic E-state index is 0.290. The minimum atomic E-state index is -0.381. The molecule has 1 heterocycles. The van der Waals surface area contributed by atoms with Crippen LogP contribution in [0.3, 0.4) is 0 Å². The number of ether oxygens (including phenoxy) is 1. The summed E-state index contributed by atoms with van der Waals surface area (Å²) in [5.41, 5.74) is 1.41. The second kappa shape index (κ2) is 5.81. The number of anilines is 1. The van der Waals surface area contributed by atoms with Crippen molar-refractivity contribution in [3.63, 3.8) is 0 Å². The fraction of sp³-hybridized carbons (Fsp3) is 0.154. The fourth-order valence-corrected chi connectivity index (χ4v) is 1.48. The number of esters is 1. The number of amides is 1. The number of carbonyl (C=O) groups excluding carboxylic acids is 2. The molecule has 1 aromatic heterocycles. The third-order valence-corrected chi connectivity index (χ3v) is 2.40. The van der Waals surface area contributed by atoms with E-state index in [2.05, 4.69) is 15.3 Å². The van der Waals surface area contributed by atoms with Crippen molar-refractivity contribution >= 4 is 17.6 Å². The molecule has 2 N–H and O–H groups in total. The summed E-state index contributed by atoms with van der Waals surface area (Å²) in [6.07, 6.45) is 2.86. The van der Waals surface area contributed by atoms with Gasteiger partial charge in [0.15, 0.2) is 0 Å². The number of aromatic amines is 1. The Kier molecular flexibility index (Phi) is 3.92. The van der Waals surface area contributed by atoms with Gasteiger partial charge in [-0.1, -0.05) is 0 Å². The van der Waals surface area contributed by atoms with Crippen LogP contribution in [-0.4, -0.2) is 28.5 Å². The van der Waals surface area contributed by atoms with Crippen molar-refractivity contribution in [2.45, 2.75) is 6.92 Å². The Balaban J connectivity index is 2.03. The standard InChI is InChI=1S/C13H13N3O3/c1-2-19-13(18)9-3-5-10(6-4-9)16-12(17)11-7-14-8-15-11/h3-8H,2H2,1H3,(H,14,15)(H,16,17). The van der Waals surface area contributed by atoms with Gasteiger partial charge in [-0.05, 0) is 31.2 Å². The van der Waals surface area contributed by atoms with Crippen LogP contribution in [0, 0.1) is 0 Å². The molecule has 0 aliphatic heterocycles. The first-order valence-corrected chi connectivity index (χ1v) is 5.77. The molecule has 0 aliphatic carbocycles. The summed E-state index contributed by atoms with van der Waals surface area (Å²) in [5.74, 6) is -0.671. The SMILES string of the molecule is CCOC(=O)c1ccc(NC(=O)c2cnc[nH]2)cc1. The van der Waals surface area contributed by atoms with E-state index in [9.17, 15) is 9.59 Å². The summed E-state index contributed by atoms with van der Waals surface area (Å²) in [5, 5.41) is 2.68. The number of nitrogens with zero attached hydrogens (tertiary/aromatic N) is 1. The van der Waals surface area contributed by atoms with Gasteiger partial charge >= 0.3 is 5.97 Å². The smallest absolute Gasteiger partial charge is 0.338 e. The second-order valence-electron chi connectivity index (χ2n) is 3.72. The molecular formula is C13H13N3O3. The van der Waals surface area contributed by atoms with Gasteiger partial charge in [0.2, 0.25) is 0 Å². The minimum Gasteiger partial charge on any atom is -0.462 e. The number of imidazole rings is 1. The number of hydrogen-bond acceptors (Lipinski definition) is 4. The first-order valence-electron chi connectivity index (χ1n) is 5.77. The van der Waals surface area contributed by atoms with Crippen LogP contribution in [0.2, 0.25) is 0 Å². The molecule has 1 aromatic carbocycles. The quantitative estimate of drug-likeness (QED) is 0.820. The first-order chi connectivity index (χ1) is 9.20. The molecule has 6 nitrogen and oxygen atoms in total. The number of hydrogen-bond donors (Lipinski definition) is 2. The van der Waals surface area contributed by atoms with Crippen molar-refractivity contribution < 1.29 is 14.3 Å². The molecule has 0 atom stereocenters. The molecule has 0 saturated heterocycles. The molecule has 2 aromatic rings. The van der Waals surface area contributed by atoms with E-state index in [1.54, 1.807) is 31.2 Å². The van der Waals surface area contributed by atoms with Crippen molar-refractivity contribution in [2.24, 2.45) is 0 Å². The van der Waals surface area contributed by atoms with E-state index in [1.807, 2.05) is 0 Å². The van der Waals surface area contributed by atoms with Crippen LogP contribution < -0.4 is 5.32 Å². The summed E-state index contributed by atoms with van der Waals surface area (Å²) in [6.45, 7) is 2.08. The number of carbonyl (C=O) groups is 2. The van der Waals surface area contributed by atoms with Crippen LogP contribution in [0.4, 0.5) is 5.69 Å². The molecule has 0 saturated carbocycles. The Hall–Kier alpha value is -2.63. The van der Waals surface area contributed by atoms with Crippen molar-refractivity contribution in [3.8, 4) is 0 Å². The fourth-order valence-electron chi connectivity index (χ4n) is 1.48. The predicted octanol–water partition coefficient (Wildman–Crippen LogP) is 1.84. The largest absolute Gasteiger partial charge is 0.462 e. The van der Waals surface area contributed by atoms with Gasteiger partial charge in [-0.2, -0.15) is 0 Å². The maximum Gasteiger partial charge on any atom is 0.338 e. The van der Waals surface area contributed by atoms with Crippen LogP contribution >= 0.6 is 0 Å². The zero-order valence-corrected chi connectivity index (χ0v) is 10.3. The molecule has 0 spiro atoms. The normalized spacial score (nSPS) is 9.95. The lowest BCUT2D eigenvalue weighted by atomic mass is 10.2. The van der Waals surface area contributed by atoms with Crippen molar-refractivity contribution in [1.82, 2.24) is 9.97 Å². The van der Waals surface area contributed by atoms with E-state index in [4.69, 9.17) is 4.74 Å². The highest BCUT2D eigenvalue weighted by Gasteiger charge is 2.09. The van der Waals surface area contributed by atoms with Gasteiger partial charge < -0.3 is 15.0 Å². The molecule has 6 heteroatoms. The van der Waals surface area contributed by atoms with Crippen molar-refractivity contribution in [2.75, 3.05) is 11.9 Å². The Morgan fingerprint density at radius 2 is 2.05 bits per heavy atom. The molecular weight excluding hydrogens is 246 g/mol. The lowest BCUT2D eigenvalue weighted by Gasteiger charge is -2.05. The number of H-pyrrole nitrogens is 1. The highest BCUT2D eigenvalue weighted by Crippen LogP contribution is 2.11. The van der Waals surface area contributed by atoms with Crippen LogP contribution in [0.25, 0.3) is 0 Å². The average molecular weight is 259 g/mol. The summed E-state index contributed by atoms with van der Waals surface area (Å²) in [7, 11) is 0. The topological polar surface area (TPSA) is 84.1 Å². The molecule has 0 bridgehead atoms. The maximum absolute atomic E-state index is 11.7. The van der Waals surface area contributed by atoms with Crippen molar-refractivity contribution in [3.05, 3.63) is 48.0 Å². The molecule has 0 unspecified atom stereocenters. The highest BCUT2D eigenvalue weighted by molar-refractivity contribution is 6.02. The molecule has 0 aliphatic rings. The van der Waals surface area contributed by atoms with E-state index in [-0.39, 0.29) is 11.9 Å². The Bertz CT molecular complexity index is 561. The number of nitrogens with one attached hydrogen (secondary N) is 2. The Morgan fingerprint density at radius 1 is 1.32 bits per heavy atom. The zero-order valence-electron chi connectivity index (χ0n) is 10.3. The second-order valence-corrected chi connectivity index (χ2v) is 3.72. The third-order valence-electron chi connectivity index (χ3n) is 2.40. The lowest BCUT2D eigenvalue weighted by molar-refractivity contribution is 0.0526. The van der Waals surface area contributed by atoms with Crippen LogP contribution in [0.5, 0.6) is 0 Å². The molecule has 19 heavy (non-hydrogen) atoms. The van der Waals surface area contributed by atoms with Crippen LogP contribution in [0.1, 0.15) is 27.8 Å². The summed E-state index contributed by atoms with van der Waals surface area (Å²) in [6, 6.07) is 6.47. The third kappa shape index (κ3) is 3.19. The van der Waals surface area contributed by atoms with Gasteiger partial charge in [0, 0.05) is 5.69 Å². The van der Waals surface area contributed by atoms with Gasteiger partial charge in [0.05, 0.1) is 24.7 Å². The number of aromatic nitrogens is 2. The van der Waals surface area contributed by atoms with Crippen LogP contribution in [-0.2, 0) is 4.74 Å². The van der Waals surface area contributed by atoms with E-state index in [0.29, 0.717) is 23.6 Å². The highest BCUT2D eigenvalue weighted by atomic mass is 16.5. The Morgan fingerprint density at radius 3 is 2.63 bits per heavy atom. The predicted molar refractivity (Wildman–Crippen MR) is 68.9 cm³/mol. The van der Waals surface area contributed by atoms with Crippen LogP contribution in [0.15, 0.2) is 36.8 Å². The van der Waals surface area contributed by atoms with E-state index >= 15 is 0 Å². The maximum atomic E-state index is 11.7. The monoisotopic (exact) mass is 259 g/mol. The Labute approximate surface area is 109 Å². The molecule has 1 amide bonds. The molecule has 2 rings (SSSR count). The molecule has 0 fully saturated rings. The lowest BCUT2D eigenvalue weighted by Crippen LogP contribution is -2.12. The number of rotatable bonds is 4. The van der Waals surface area contributed by atoms with E-state index in [0.717, 1.165) is 0 Å². The van der Waals surface area contributed by atoms with E-state index < -0.39 is 0 Å². The van der Waals surface area contributed by atoms with Crippen molar-refractivity contribution in [1.29, 1.82) is 0 Å².